The van der Waals surface area contributed by atoms with Crippen LogP contribution in [0.2, 0.25) is 0 Å². The third-order valence-electron chi connectivity index (χ3n) is 5.75. The molecule has 4 nitrogen and oxygen atoms in total. The van der Waals surface area contributed by atoms with E-state index in [2.05, 4.69) is 17.4 Å². The number of aromatic hydroxyl groups is 1. The van der Waals surface area contributed by atoms with E-state index >= 15 is 0 Å². The molecule has 2 fully saturated rings. The van der Waals surface area contributed by atoms with Gasteiger partial charge in [0.2, 0.25) is 0 Å². The van der Waals surface area contributed by atoms with E-state index in [-0.39, 0.29) is 12.0 Å². The van der Waals surface area contributed by atoms with Gasteiger partial charge >= 0.3 is 0 Å². The van der Waals surface area contributed by atoms with Crippen LogP contribution in [0.25, 0.3) is 0 Å². The summed E-state index contributed by atoms with van der Waals surface area (Å²) < 4.78 is 5.43. The normalized spacial score (nSPS) is 27.7. The van der Waals surface area contributed by atoms with Crippen molar-refractivity contribution in [3.05, 3.63) is 29.8 Å². The fourth-order valence-corrected chi connectivity index (χ4v) is 3.93. The van der Waals surface area contributed by atoms with Gasteiger partial charge in [-0.3, -0.25) is 0 Å². The number of nitrogens with one attached hydrogen (secondary N) is 1. The van der Waals surface area contributed by atoms with Crippen molar-refractivity contribution in [1.29, 1.82) is 0 Å². The van der Waals surface area contributed by atoms with Crippen molar-refractivity contribution in [3.8, 4) is 5.75 Å². The van der Waals surface area contributed by atoms with Crippen LogP contribution < -0.4 is 5.32 Å². The Bertz CT molecular complexity index is 474. The molecule has 1 aliphatic carbocycles. The molecule has 1 aliphatic heterocycles. The van der Waals surface area contributed by atoms with Gasteiger partial charge in [-0.1, -0.05) is 12.1 Å². The average Bonchev–Trinajstić information content (AvgIpc) is 2.62. The first kappa shape index (κ1) is 16.7. The lowest BCUT2D eigenvalue weighted by molar-refractivity contribution is -0.0171. The van der Waals surface area contributed by atoms with Gasteiger partial charge in [-0.05, 0) is 62.1 Å². The Labute approximate surface area is 138 Å². The molecule has 3 rings (SSSR count). The molecular formula is C19H29NO3. The standard InChI is InChI=1S/C19H29NO3/c21-14-19(9-11-23-12-10-19)13-20-17-5-1-15(2-6-17)16-3-7-18(22)8-4-16/h3-4,7-8,15,17,20-22H,1-2,5-6,9-14H2. The Morgan fingerprint density at radius 2 is 1.70 bits per heavy atom. The van der Waals surface area contributed by atoms with Crippen LogP contribution in [0.3, 0.4) is 0 Å². The Kier molecular flexibility index (Phi) is 5.57. The van der Waals surface area contributed by atoms with E-state index in [1.54, 1.807) is 12.1 Å². The summed E-state index contributed by atoms with van der Waals surface area (Å²) in [7, 11) is 0. The van der Waals surface area contributed by atoms with E-state index in [1.807, 2.05) is 0 Å². The van der Waals surface area contributed by atoms with Crippen LogP contribution in [0.4, 0.5) is 0 Å². The molecule has 4 heteroatoms. The summed E-state index contributed by atoms with van der Waals surface area (Å²) >= 11 is 0. The van der Waals surface area contributed by atoms with Crippen LogP contribution in [0.1, 0.15) is 50.0 Å². The van der Waals surface area contributed by atoms with Gasteiger partial charge in [0.05, 0.1) is 6.61 Å². The van der Waals surface area contributed by atoms with Gasteiger partial charge in [0.15, 0.2) is 0 Å². The zero-order valence-corrected chi connectivity index (χ0v) is 13.8. The van der Waals surface area contributed by atoms with Crippen molar-refractivity contribution in [2.24, 2.45) is 5.41 Å². The summed E-state index contributed by atoms with van der Waals surface area (Å²) in [6, 6.07) is 8.24. The van der Waals surface area contributed by atoms with E-state index in [0.717, 1.165) is 32.6 Å². The Morgan fingerprint density at radius 3 is 2.30 bits per heavy atom. The Balaban J connectivity index is 1.46. The molecule has 2 aliphatic rings. The first-order chi connectivity index (χ1) is 11.2. The molecular weight excluding hydrogens is 290 g/mol. The van der Waals surface area contributed by atoms with Gasteiger partial charge in [-0.15, -0.1) is 0 Å². The molecule has 0 bridgehead atoms. The van der Waals surface area contributed by atoms with Crippen LogP contribution in [0.15, 0.2) is 24.3 Å². The van der Waals surface area contributed by atoms with Crippen molar-refractivity contribution in [2.45, 2.75) is 50.5 Å². The van der Waals surface area contributed by atoms with Gasteiger partial charge in [0.25, 0.3) is 0 Å². The zero-order valence-electron chi connectivity index (χ0n) is 13.8. The second-order valence-electron chi connectivity index (χ2n) is 7.29. The number of phenolic OH excluding ortho intramolecular Hbond substituents is 1. The highest BCUT2D eigenvalue weighted by Crippen LogP contribution is 2.34. The highest BCUT2D eigenvalue weighted by atomic mass is 16.5. The van der Waals surface area contributed by atoms with Gasteiger partial charge in [-0.25, -0.2) is 0 Å². The van der Waals surface area contributed by atoms with E-state index in [1.165, 1.54) is 31.2 Å². The lowest BCUT2D eigenvalue weighted by atomic mass is 9.79. The number of phenols is 1. The second kappa shape index (κ2) is 7.65. The largest absolute Gasteiger partial charge is 0.508 e. The van der Waals surface area contributed by atoms with Crippen LogP contribution in [-0.4, -0.2) is 42.6 Å². The number of aliphatic hydroxyl groups is 1. The van der Waals surface area contributed by atoms with E-state index in [4.69, 9.17) is 4.74 Å². The minimum absolute atomic E-state index is 0.0199. The van der Waals surface area contributed by atoms with E-state index < -0.39 is 0 Å². The first-order valence-corrected chi connectivity index (χ1v) is 8.92. The lowest BCUT2D eigenvalue weighted by Gasteiger charge is -2.38. The maximum absolute atomic E-state index is 9.77. The molecule has 0 radical (unpaired) electrons. The molecule has 1 aromatic rings. The smallest absolute Gasteiger partial charge is 0.115 e. The number of ether oxygens (including phenoxy) is 1. The predicted octanol–water partition coefficient (Wildman–Crippen LogP) is 2.80. The Hall–Kier alpha value is -1.10. The molecule has 1 heterocycles. The summed E-state index contributed by atoms with van der Waals surface area (Å²) in [5, 5.41) is 22.9. The summed E-state index contributed by atoms with van der Waals surface area (Å²) in [6.45, 7) is 2.71. The van der Waals surface area contributed by atoms with E-state index in [9.17, 15) is 10.2 Å². The number of aliphatic hydroxyl groups excluding tert-OH is 1. The molecule has 128 valence electrons. The molecule has 3 N–H and O–H groups in total. The third kappa shape index (κ3) is 4.25. The highest BCUT2D eigenvalue weighted by molar-refractivity contribution is 5.28. The molecule has 0 unspecified atom stereocenters. The maximum Gasteiger partial charge on any atom is 0.115 e. The highest BCUT2D eigenvalue weighted by Gasteiger charge is 2.33. The minimum atomic E-state index is 0.0199. The lowest BCUT2D eigenvalue weighted by Crippen LogP contribution is -2.45. The van der Waals surface area contributed by atoms with Gasteiger partial charge in [-0.2, -0.15) is 0 Å². The van der Waals surface area contributed by atoms with E-state index in [0.29, 0.717) is 17.7 Å². The molecule has 1 saturated heterocycles. The SMILES string of the molecule is OCC1(CNC2CCC(c3ccc(O)cc3)CC2)CCOCC1. The zero-order chi connectivity index (χ0) is 16.1. The summed E-state index contributed by atoms with van der Waals surface area (Å²) in [6.07, 6.45) is 6.67. The van der Waals surface area contributed by atoms with Crippen LogP contribution in [0.5, 0.6) is 5.75 Å². The monoisotopic (exact) mass is 319 g/mol. The molecule has 1 aromatic carbocycles. The molecule has 0 aromatic heterocycles. The molecule has 1 saturated carbocycles. The summed E-state index contributed by atoms with van der Waals surface area (Å²) in [5.74, 6) is 0.957. The number of hydrogen-bond donors (Lipinski definition) is 3. The topological polar surface area (TPSA) is 61.7 Å². The van der Waals surface area contributed by atoms with Crippen LogP contribution in [-0.2, 0) is 4.74 Å². The van der Waals surface area contributed by atoms with Gasteiger partial charge in [0, 0.05) is 31.2 Å². The van der Waals surface area contributed by atoms with Crippen molar-refractivity contribution in [1.82, 2.24) is 5.32 Å². The molecule has 0 atom stereocenters. The average molecular weight is 319 g/mol. The number of benzene rings is 1. The molecule has 0 amide bonds. The van der Waals surface area contributed by atoms with Crippen molar-refractivity contribution in [2.75, 3.05) is 26.4 Å². The van der Waals surface area contributed by atoms with Crippen molar-refractivity contribution in [3.63, 3.8) is 0 Å². The van der Waals surface area contributed by atoms with Crippen molar-refractivity contribution < 1.29 is 14.9 Å². The fraction of sp³-hybridized carbons (Fsp3) is 0.684. The van der Waals surface area contributed by atoms with Crippen molar-refractivity contribution >= 4 is 0 Å². The number of rotatable bonds is 5. The fourth-order valence-electron chi connectivity index (χ4n) is 3.93. The predicted molar refractivity (Wildman–Crippen MR) is 90.7 cm³/mol. The molecule has 23 heavy (non-hydrogen) atoms. The minimum Gasteiger partial charge on any atom is -0.508 e. The number of hydrogen-bond acceptors (Lipinski definition) is 4. The van der Waals surface area contributed by atoms with Gasteiger partial charge in [0.1, 0.15) is 5.75 Å². The van der Waals surface area contributed by atoms with Crippen LogP contribution >= 0.6 is 0 Å². The maximum atomic E-state index is 9.77. The van der Waals surface area contributed by atoms with Gasteiger partial charge < -0.3 is 20.3 Å². The quantitative estimate of drug-likeness (QED) is 0.781. The van der Waals surface area contributed by atoms with Crippen LogP contribution in [0, 0.1) is 5.41 Å². The second-order valence-corrected chi connectivity index (χ2v) is 7.29. The summed E-state index contributed by atoms with van der Waals surface area (Å²) in [5.41, 5.74) is 1.36. The third-order valence-corrected chi connectivity index (χ3v) is 5.75. The molecule has 0 spiro atoms. The first-order valence-electron chi connectivity index (χ1n) is 8.92. The Morgan fingerprint density at radius 1 is 1.04 bits per heavy atom. The summed E-state index contributed by atoms with van der Waals surface area (Å²) in [4.78, 5) is 0.